The summed E-state index contributed by atoms with van der Waals surface area (Å²) in [5, 5.41) is 3.45. The molecule has 0 atom stereocenters. The van der Waals surface area contributed by atoms with Crippen molar-refractivity contribution in [2.45, 2.75) is 59.0 Å². The summed E-state index contributed by atoms with van der Waals surface area (Å²) >= 11 is 0. The van der Waals surface area contributed by atoms with Gasteiger partial charge in [0.05, 0.1) is 13.2 Å². The maximum atomic E-state index is 6.01. The number of ether oxygens (including phenoxy) is 2. The number of nitrogens with zero attached hydrogens (tertiary/aromatic N) is 2. The maximum absolute atomic E-state index is 6.01. The van der Waals surface area contributed by atoms with Gasteiger partial charge in [0.1, 0.15) is 0 Å². The third kappa shape index (κ3) is 11.0. The number of nitrogens with one attached hydrogen (secondary N) is 1. The molecule has 4 rings (SSSR count). The number of rotatable bonds is 19. The van der Waals surface area contributed by atoms with Crippen molar-refractivity contribution >= 4 is 22.7 Å². The van der Waals surface area contributed by atoms with Gasteiger partial charge in [-0.1, -0.05) is 60.7 Å². The van der Waals surface area contributed by atoms with E-state index in [-0.39, 0.29) is 0 Å². The van der Waals surface area contributed by atoms with Gasteiger partial charge >= 0.3 is 0 Å². The molecule has 0 saturated carbocycles. The molecule has 0 spiro atoms. The van der Waals surface area contributed by atoms with Gasteiger partial charge in [0.2, 0.25) is 0 Å². The molecule has 0 bridgehead atoms. The highest BCUT2D eigenvalue weighted by Crippen LogP contribution is 2.23. The van der Waals surface area contributed by atoms with E-state index < -0.39 is 0 Å². The van der Waals surface area contributed by atoms with Crippen molar-refractivity contribution in [3.05, 3.63) is 120 Å². The molecule has 5 nitrogen and oxygen atoms in total. The summed E-state index contributed by atoms with van der Waals surface area (Å²) in [4.78, 5) is 4.82. The Hall–Kier alpha value is -3.80. The van der Waals surface area contributed by atoms with E-state index in [0.717, 1.165) is 70.2 Å². The molecule has 1 N–H and O–H groups in total. The van der Waals surface area contributed by atoms with E-state index in [1.165, 1.54) is 22.5 Å². The predicted octanol–water partition coefficient (Wildman–Crippen LogP) is 8.96. The van der Waals surface area contributed by atoms with Crippen LogP contribution in [-0.4, -0.2) is 51.6 Å². The number of benzene rings is 4. The van der Waals surface area contributed by atoms with E-state index in [1.807, 2.05) is 18.2 Å². The standard InChI is InChI=1S/C39H51N3O2/c1-32(2)41(38-21-17-35(18-22-38)31-34-13-7-5-8-14-34)25-29-43-27-11-12-28-44-30-26-42(33(3)4)39-23-19-37(20-24-39)40-36-15-9-6-10-16-36/h5-10,13-24,32-33,40H,11-12,25-31H2,1-4H3. The average Bonchev–Trinajstić information content (AvgIpc) is 3.03. The molecule has 0 radical (unpaired) electrons. The Kier molecular flexibility index (Phi) is 13.6. The molecule has 44 heavy (non-hydrogen) atoms. The van der Waals surface area contributed by atoms with Crippen molar-refractivity contribution in [3.63, 3.8) is 0 Å². The number of hydrogen-bond donors (Lipinski definition) is 1. The predicted molar refractivity (Wildman–Crippen MR) is 188 cm³/mol. The fraction of sp³-hybridized carbons (Fsp3) is 0.385. The summed E-state index contributed by atoms with van der Waals surface area (Å²) in [6.45, 7) is 13.7. The van der Waals surface area contributed by atoms with Gasteiger partial charge in [-0.25, -0.2) is 0 Å². The van der Waals surface area contributed by atoms with Crippen molar-refractivity contribution in [3.8, 4) is 0 Å². The van der Waals surface area contributed by atoms with Gasteiger partial charge in [0.25, 0.3) is 0 Å². The fourth-order valence-electron chi connectivity index (χ4n) is 5.37. The monoisotopic (exact) mass is 593 g/mol. The molecular formula is C39H51N3O2. The summed E-state index contributed by atoms with van der Waals surface area (Å²) in [6.07, 6.45) is 2.99. The molecule has 4 aromatic rings. The van der Waals surface area contributed by atoms with Crippen molar-refractivity contribution in [2.75, 3.05) is 54.6 Å². The first kappa shape index (κ1) is 33.1. The molecule has 0 aromatic heterocycles. The molecule has 0 unspecified atom stereocenters. The molecule has 0 aliphatic carbocycles. The first-order valence-corrected chi connectivity index (χ1v) is 16.2. The van der Waals surface area contributed by atoms with Crippen LogP contribution in [0.3, 0.4) is 0 Å². The third-order valence-corrected chi connectivity index (χ3v) is 7.81. The fourth-order valence-corrected chi connectivity index (χ4v) is 5.37. The van der Waals surface area contributed by atoms with Gasteiger partial charge in [-0.3, -0.25) is 0 Å². The maximum Gasteiger partial charge on any atom is 0.0641 e. The van der Waals surface area contributed by atoms with Gasteiger partial charge in [-0.2, -0.15) is 0 Å². The summed E-state index contributed by atoms with van der Waals surface area (Å²) in [6, 6.07) is 39.4. The van der Waals surface area contributed by atoms with Crippen LogP contribution in [-0.2, 0) is 15.9 Å². The molecular weight excluding hydrogens is 542 g/mol. The molecule has 0 fully saturated rings. The van der Waals surface area contributed by atoms with Crippen LogP contribution in [0.4, 0.5) is 22.7 Å². The first-order valence-electron chi connectivity index (χ1n) is 16.2. The highest BCUT2D eigenvalue weighted by atomic mass is 16.5. The summed E-state index contributed by atoms with van der Waals surface area (Å²) in [7, 11) is 0. The van der Waals surface area contributed by atoms with Crippen LogP contribution in [0.1, 0.15) is 51.7 Å². The van der Waals surface area contributed by atoms with E-state index in [0.29, 0.717) is 12.1 Å². The van der Waals surface area contributed by atoms with Crippen LogP contribution in [0.2, 0.25) is 0 Å². The molecule has 0 heterocycles. The largest absolute Gasteiger partial charge is 0.380 e. The Morgan fingerprint density at radius 1 is 0.500 bits per heavy atom. The lowest BCUT2D eigenvalue weighted by Gasteiger charge is -2.29. The molecule has 234 valence electrons. The Morgan fingerprint density at radius 3 is 1.43 bits per heavy atom. The van der Waals surface area contributed by atoms with E-state index in [2.05, 4.69) is 134 Å². The third-order valence-electron chi connectivity index (χ3n) is 7.81. The minimum atomic E-state index is 0.401. The lowest BCUT2D eigenvalue weighted by molar-refractivity contribution is 0.107. The van der Waals surface area contributed by atoms with Gasteiger partial charge < -0.3 is 24.6 Å². The van der Waals surface area contributed by atoms with Crippen LogP contribution in [0.15, 0.2) is 109 Å². The van der Waals surface area contributed by atoms with Crippen LogP contribution < -0.4 is 15.1 Å². The van der Waals surface area contributed by atoms with Crippen molar-refractivity contribution < 1.29 is 9.47 Å². The molecule has 0 aliphatic heterocycles. The normalized spacial score (nSPS) is 11.2. The Bertz CT molecular complexity index is 1200. The van der Waals surface area contributed by atoms with Crippen LogP contribution in [0, 0.1) is 0 Å². The molecule has 5 heteroatoms. The molecule has 0 amide bonds. The second-order valence-electron chi connectivity index (χ2n) is 11.9. The molecule has 0 aliphatic rings. The number of unbranched alkanes of at least 4 members (excludes halogenated alkanes) is 1. The van der Waals surface area contributed by atoms with Gasteiger partial charge in [0.15, 0.2) is 0 Å². The van der Waals surface area contributed by atoms with Gasteiger partial charge in [-0.05, 0) is 107 Å². The van der Waals surface area contributed by atoms with Gasteiger partial charge in [-0.15, -0.1) is 0 Å². The Balaban J connectivity index is 1.08. The van der Waals surface area contributed by atoms with E-state index in [4.69, 9.17) is 9.47 Å². The summed E-state index contributed by atoms with van der Waals surface area (Å²) < 4.78 is 12.0. The summed E-state index contributed by atoms with van der Waals surface area (Å²) in [5.74, 6) is 0. The topological polar surface area (TPSA) is 37.0 Å². The highest BCUT2D eigenvalue weighted by Gasteiger charge is 2.12. The quantitative estimate of drug-likeness (QED) is 0.110. The van der Waals surface area contributed by atoms with Crippen molar-refractivity contribution in [1.82, 2.24) is 0 Å². The van der Waals surface area contributed by atoms with Gasteiger partial charge in [0, 0.05) is 61.1 Å². The van der Waals surface area contributed by atoms with E-state index in [1.54, 1.807) is 0 Å². The SMILES string of the molecule is CC(C)N(CCOCCCCOCCN(c1ccc(Nc2ccccc2)cc1)C(C)C)c1ccc(Cc2ccccc2)cc1. The average molecular weight is 594 g/mol. The highest BCUT2D eigenvalue weighted by molar-refractivity contribution is 5.63. The lowest BCUT2D eigenvalue weighted by Crippen LogP contribution is -2.34. The second-order valence-corrected chi connectivity index (χ2v) is 11.9. The minimum Gasteiger partial charge on any atom is -0.380 e. The smallest absolute Gasteiger partial charge is 0.0641 e. The van der Waals surface area contributed by atoms with Crippen molar-refractivity contribution in [1.29, 1.82) is 0 Å². The molecule has 0 saturated heterocycles. The zero-order valence-electron chi connectivity index (χ0n) is 27.1. The Labute approximate surface area is 265 Å². The number of anilines is 4. The summed E-state index contributed by atoms with van der Waals surface area (Å²) in [5.41, 5.74) is 7.34. The number of para-hydroxylation sites is 1. The van der Waals surface area contributed by atoms with Crippen molar-refractivity contribution in [2.24, 2.45) is 0 Å². The Morgan fingerprint density at radius 2 is 0.932 bits per heavy atom. The van der Waals surface area contributed by atoms with Crippen LogP contribution >= 0.6 is 0 Å². The zero-order valence-corrected chi connectivity index (χ0v) is 27.1. The minimum absolute atomic E-state index is 0.401. The van der Waals surface area contributed by atoms with Crippen LogP contribution in [0.25, 0.3) is 0 Å². The number of hydrogen-bond acceptors (Lipinski definition) is 5. The van der Waals surface area contributed by atoms with Crippen LogP contribution in [0.5, 0.6) is 0 Å². The van der Waals surface area contributed by atoms with E-state index >= 15 is 0 Å². The lowest BCUT2D eigenvalue weighted by atomic mass is 10.0. The molecule has 4 aromatic carbocycles. The van der Waals surface area contributed by atoms with E-state index in [9.17, 15) is 0 Å². The zero-order chi connectivity index (χ0) is 31.0. The first-order chi connectivity index (χ1) is 21.5. The second kappa shape index (κ2) is 18.1.